The average Bonchev–Trinajstić information content (AvgIpc) is 2.60. The van der Waals surface area contributed by atoms with Crippen LogP contribution in [-0.4, -0.2) is 30.6 Å². The zero-order chi connectivity index (χ0) is 9.90. The molecule has 1 fully saturated rings. The van der Waals surface area contributed by atoms with Gasteiger partial charge < -0.3 is 5.73 Å². The molecule has 2 nitrogen and oxygen atoms in total. The molecule has 0 radical (unpaired) electrons. The van der Waals surface area contributed by atoms with E-state index in [4.69, 9.17) is 5.73 Å². The fourth-order valence-electron chi connectivity index (χ4n) is 2.95. The van der Waals surface area contributed by atoms with E-state index in [0.717, 1.165) is 19.0 Å². The molecule has 78 valence electrons. The van der Waals surface area contributed by atoms with Crippen molar-refractivity contribution >= 4 is 0 Å². The quantitative estimate of drug-likeness (QED) is 0.722. The minimum absolute atomic E-state index is 0.323. The van der Waals surface area contributed by atoms with Gasteiger partial charge in [-0.15, -0.1) is 0 Å². The highest BCUT2D eigenvalue weighted by atomic mass is 15.2. The van der Waals surface area contributed by atoms with Crippen LogP contribution in [0.15, 0.2) is 0 Å². The highest BCUT2D eigenvalue weighted by Crippen LogP contribution is 2.40. The Hall–Kier alpha value is -0.0800. The van der Waals surface area contributed by atoms with Gasteiger partial charge in [-0.2, -0.15) is 0 Å². The Balaban J connectivity index is 2.77. The van der Waals surface area contributed by atoms with Crippen molar-refractivity contribution in [2.24, 2.45) is 11.7 Å². The Kier molecular flexibility index (Phi) is 3.74. The van der Waals surface area contributed by atoms with Crippen LogP contribution in [0.5, 0.6) is 0 Å². The van der Waals surface area contributed by atoms with Crippen molar-refractivity contribution in [3.05, 3.63) is 0 Å². The number of nitrogens with two attached hydrogens (primary N) is 1. The lowest BCUT2D eigenvalue weighted by atomic mass is 9.83. The predicted octanol–water partition coefficient (Wildman–Crippen LogP) is 1.85. The minimum Gasteiger partial charge on any atom is -0.329 e. The van der Waals surface area contributed by atoms with Crippen LogP contribution in [-0.2, 0) is 0 Å². The Morgan fingerprint density at radius 1 is 1.46 bits per heavy atom. The Morgan fingerprint density at radius 3 is 2.62 bits per heavy atom. The molecule has 0 saturated heterocycles. The third kappa shape index (κ3) is 1.75. The van der Waals surface area contributed by atoms with E-state index >= 15 is 0 Å². The molecule has 13 heavy (non-hydrogen) atoms. The first-order chi connectivity index (χ1) is 6.21. The standard InChI is InChI=1S/C11H24N2/c1-4-10-7-6-8-11(10,9-12)13(3)5-2/h10H,4-9,12H2,1-3H3. The number of rotatable bonds is 4. The van der Waals surface area contributed by atoms with Gasteiger partial charge in [-0.3, -0.25) is 4.90 Å². The van der Waals surface area contributed by atoms with E-state index in [0.29, 0.717) is 5.54 Å². The molecular weight excluding hydrogens is 160 g/mol. The zero-order valence-corrected chi connectivity index (χ0v) is 9.34. The summed E-state index contributed by atoms with van der Waals surface area (Å²) in [5.41, 5.74) is 6.29. The first-order valence-electron chi connectivity index (χ1n) is 5.62. The van der Waals surface area contributed by atoms with Crippen molar-refractivity contribution in [1.82, 2.24) is 4.90 Å². The van der Waals surface area contributed by atoms with Crippen LogP contribution >= 0.6 is 0 Å². The van der Waals surface area contributed by atoms with E-state index in [1.54, 1.807) is 0 Å². The highest BCUT2D eigenvalue weighted by molar-refractivity contribution is 5.00. The second-order valence-electron chi connectivity index (χ2n) is 4.32. The number of hydrogen-bond acceptors (Lipinski definition) is 2. The lowest BCUT2D eigenvalue weighted by Gasteiger charge is -2.42. The van der Waals surface area contributed by atoms with E-state index in [9.17, 15) is 0 Å². The smallest absolute Gasteiger partial charge is 0.0356 e. The van der Waals surface area contributed by atoms with Crippen molar-refractivity contribution in [3.8, 4) is 0 Å². The van der Waals surface area contributed by atoms with E-state index in [1.165, 1.54) is 25.7 Å². The molecular formula is C11H24N2. The third-order valence-electron chi connectivity index (χ3n) is 4.00. The first-order valence-corrected chi connectivity index (χ1v) is 5.62. The maximum Gasteiger partial charge on any atom is 0.0356 e. The summed E-state index contributed by atoms with van der Waals surface area (Å²) in [5, 5.41) is 0. The monoisotopic (exact) mass is 184 g/mol. The van der Waals surface area contributed by atoms with Crippen molar-refractivity contribution in [1.29, 1.82) is 0 Å². The molecule has 0 spiro atoms. The van der Waals surface area contributed by atoms with Crippen LogP contribution in [0.3, 0.4) is 0 Å². The summed E-state index contributed by atoms with van der Waals surface area (Å²) in [4.78, 5) is 2.47. The molecule has 1 saturated carbocycles. The lowest BCUT2D eigenvalue weighted by Crippen LogP contribution is -2.54. The number of likely N-dealkylation sites (N-methyl/N-ethyl adjacent to an activating group) is 1. The van der Waals surface area contributed by atoms with Crippen molar-refractivity contribution in [2.45, 2.75) is 45.1 Å². The summed E-state index contributed by atoms with van der Waals surface area (Å²) in [6.07, 6.45) is 5.31. The molecule has 1 rings (SSSR count). The summed E-state index contributed by atoms with van der Waals surface area (Å²) in [7, 11) is 2.22. The fraction of sp³-hybridized carbons (Fsp3) is 1.00. The maximum atomic E-state index is 5.97. The van der Waals surface area contributed by atoms with Crippen LogP contribution in [0, 0.1) is 5.92 Å². The van der Waals surface area contributed by atoms with Gasteiger partial charge in [0.05, 0.1) is 0 Å². The SMILES string of the molecule is CCC1CCCC1(CN)N(C)CC. The van der Waals surface area contributed by atoms with Crippen LogP contribution < -0.4 is 5.73 Å². The Labute approximate surface area is 82.5 Å². The lowest BCUT2D eigenvalue weighted by molar-refractivity contribution is 0.0873. The van der Waals surface area contributed by atoms with Gasteiger partial charge in [0.25, 0.3) is 0 Å². The van der Waals surface area contributed by atoms with Crippen molar-refractivity contribution in [3.63, 3.8) is 0 Å². The van der Waals surface area contributed by atoms with Crippen molar-refractivity contribution < 1.29 is 0 Å². The fourth-order valence-corrected chi connectivity index (χ4v) is 2.95. The number of hydrogen-bond donors (Lipinski definition) is 1. The molecule has 2 unspecified atom stereocenters. The van der Waals surface area contributed by atoms with Gasteiger partial charge in [0.15, 0.2) is 0 Å². The molecule has 1 aliphatic carbocycles. The normalized spacial score (nSPS) is 34.4. The zero-order valence-electron chi connectivity index (χ0n) is 9.34. The van der Waals surface area contributed by atoms with E-state index in [2.05, 4.69) is 25.8 Å². The minimum atomic E-state index is 0.323. The van der Waals surface area contributed by atoms with Gasteiger partial charge in [0.2, 0.25) is 0 Å². The second-order valence-corrected chi connectivity index (χ2v) is 4.32. The molecule has 2 N–H and O–H groups in total. The molecule has 0 aromatic rings. The molecule has 2 heteroatoms. The molecule has 1 aliphatic rings. The molecule has 0 aromatic carbocycles. The Bertz CT molecular complexity index is 158. The summed E-state index contributed by atoms with van der Waals surface area (Å²) >= 11 is 0. The summed E-state index contributed by atoms with van der Waals surface area (Å²) in [6.45, 7) is 6.47. The average molecular weight is 184 g/mol. The van der Waals surface area contributed by atoms with Gasteiger partial charge >= 0.3 is 0 Å². The largest absolute Gasteiger partial charge is 0.329 e. The van der Waals surface area contributed by atoms with E-state index in [1.807, 2.05) is 0 Å². The molecule has 0 aliphatic heterocycles. The van der Waals surface area contributed by atoms with Crippen LogP contribution in [0.4, 0.5) is 0 Å². The number of nitrogens with zero attached hydrogens (tertiary/aromatic N) is 1. The highest BCUT2D eigenvalue weighted by Gasteiger charge is 2.42. The summed E-state index contributed by atoms with van der Waals surface area (Å²) in [6, 6.07) is 0. The molecule has 2 atom stereocenters. The van der Waals surface area contributed by atoms with Gasteiger partial charge in [-0.25, -0.2) is 0 Å². The topological polar surface area (TPSA) is 29.3 Å². The maximum absolute atomic E-state index is 5.97. The van der Waals surface area contributed by atoms with E-state index in [-0.39, 0.29) is 0 Å². The first kappa shape index (κ1) is 11.0. The molecule has 0 bridgehead atoms. The van der Waals surface area contributed by atoms with Gasteiger partial charge in [-0.05, 0) is 32.4 Å². The second kappa shape index (κ2) is 4.43. The Morgan fingerprint density at radius 2 is 2.15 bits per heavy atom. The predicted molar refractivity (Wildman–Crippen MR) is 57.7 cm³/mol. The van der Waals surface area contributed by atoms with Crippen LogP contribution in [0.1, 0.15) is 39.5 Å². The van der Waals surface area contributed by atoms with Crippen molar-refractivity contribution in [2.75, 3.05) is 20.1 Å². The molecule has 0 heterocycles. The van der Waals surface area contributed by atoms with E-state index < -0.39 is 0 Å². The molecule has 0 aromatic heterocycles. The van der Waals surface area contributed by atoms with Crippen LogP contribution in [0.25, 0.3) is 0 Å². The van der Waals surface area contributed by atoms with Crippen LogP contribution in [0.2, 0.25) is 0 Å². The third-order valence-corrected chi connectivity index (χ3v) is 4.00. The molecule has 0 amide bonds. The van der Waals surface area contributed by atoms with Gasteiger partial charge in [0.1, 0.15) is 0 Å². The summed E-state index contributed by atoms with van der Waals surface area (Å²) in [5.74, 6) is 0.822. The summed E-state index contributed by atoms with van der Waals surface area (Å²) < 4.78 is 0. The van der Waals surface area contributed by atoms with Gasteiger partial charge in [-0.1, -0.05) is 26.7 Å². The van der Waals surface area contributed by atoms with Gasteiger partial charge in [0, 0.05) is 12.1 Å².